The molecule has 0 bridgehead atoms. The Balaban J connectivity index is 1.95. The van der Waals surface area contributed by atoms with Crippen molar-refractivity contribution in [2.45, 2.75) is 44.4 Å². The monoisotopic (exact) mass is 213 g/mol. The molecule has 0 saturated carbocycles. The lowest BCUT2D eigenvalue weighted by atomic mass is 10.0. The molecule has 84 valence electrons. The SMILES string of the molecule is CCC1(C(=O)OC2CCOC2=O)NC1C. The molecule has 5 heteroatoms. The molecule has 3 atom stereocenters. The van der Waals surface area contributed by atoms with Crippen molar-refractivity contribution in [3.8, 4) is 0 Å². The first-order valence-electron chi connectivity index (χ1n) is 5.25. The maximum atomic E-state index is 11.8. The van der Waals surface area contributed by atoms with Crippen LogP contribution in [0.5, 0.6) is 0 Å². The zero-order valence-corrected chi connectivity index (χ0v) is 8.91. The van der Waals surface area contributed by atoms with Crippen molar-refractivity contribution in [1.82, 2.24) is 5.32 Å². The number of esters is 2. The molecule has 2 aliphatic rings. The Hall–Kier alpha value is -1.10. The molecule has 0 amide bonds. The Kier molecular flexibility index (Phi) is 2.42. The van der Waals surface area contributed by atoms with Crippen LogP contribution in [0.4, 0.5) is 0 Å². The Morgan fingerprint density at radius 2 is 2.40 bits per heavy atom. The highest BCUT2D eigenvalue weighted by atomic mass is 16.6. The van der Waals surface area contributed by atoms with E-state index in [1.807, 2.05) is 13.8 Å². The Labute approximate surface area is 88.1 Å². The number of carbonyl (C=O) groups excluding carboxylic acids is 2. The third-order valence-electron chi connectivity index (χ3n) is 3.19. The highest BCUT2D eigenvalue weighted by Crippen LogP contribution is 2.32. The summed E-state index contributed by atoms with van der Waals surface area (Å²) in [6.45, 7) is 4.20. The fourth-order valence-corrected chi connectivity index (χ4v) is 1.95. The summed E-state index contributed by atoms with van der Waals surface area (Å²) in [7, 11) is 0. The van der Waals surface area contributed by atoms with Crippen molar-refractivity contribution in [2.75, 3.05) is 6.61 Å². The van der Waals surface area contributed by atoms with Gasteiger partial charge >= 0.3 is 11.9 Å². The minimum absolute atomic E-state index is 0.132. The number of rotatable bonds is 3. The molecule has 1 N–H and O–H groups in total. The lowest BCUT2D eigenvalue weighted by molar-refractivity contribution is -0.162. The second-order valence-electron chi connectivity index (χ2n) is 4.04. The van der Waals surface area contributed by atoms with Crippen LogP contribution in [-0.2, 0) is 19.1 Å². The average molecular weight is 213 g/mol. The largest absolute Gasteiger partial charge is 0.463 e. The lowest BCUT2D eigenvalue weighted by Crippen LogP contribution is -2.35. The van der Waals surface area contributed by atoms with Gasteiger partial charge in [-0.05, 0) is 13.3 Å². The molecule has 2 heterocycles. The summed E-state index contributed by atoms with van der Waals surface area (Å²) < 4.78 is 9.86. The Morgan fingerprint density at radius 3 is 2.80 bits per heavy atom. The van der Waals surface area contributed by atoms with E-state index >= 15 is 0 Å². The molecule has 0 spiro atoms. The first kappa shape index (κ1) is 10.4. The third-order valence-corrected chi connectivity index (χ3v) is 3.19. The standard InChI is InChI=1S/C10H15NO4/c1-3-10(6(2)11-10)9(13)15-7-4-5-14-8(7)12/h6-7,11H,3-5H2,1-2H3. The Morgan fingerprint density at radius 1 is 1.73 bits per heavy atom. The van der Waals surface area contributed by atoms with Gasteiger partial charge in [0.25, 0.3) is 0 Å². The smallest absolute Gasteiger partial charge is 0.347 e. The molecule has 15 heavy (non-hydrogen) atoms. The molecular weight excluding hydrogens is 198 g/mol. The Bertz CT molecular complexity index is 300. The summed E-state index contributed by atoms with van der Waals surface area (Å²) in [4.78, 5) is 22.9. The van der Waals surface area contributed by atoms with Crippen LogP contribution in [0.3, 0.4) is 0 Å². The van der Waals surface area contributed by atoms with Crippen LogP contribution >= 0.6 is 0 Å². The van der Waals surface area contributed by atoms with Crippen molar-refractivity contribution in [2.24, 2.45) is 0 Å². The molecule has 2 fully saturated rings. The number of nitrogens with one attached hydrogen (secondary N) is 1. The van der Waals surface area contributed by atoms with Crippen LogP contribution in [0.15, 0.2) is 0 Å². The van der Waals surface area contributed by atoms with E-state index in [2.05, 4.69) is 5.32 Å². The summed E-state index contributed by atoms with van der Waals surface area (Å²) in [5.41, 5.74) is -0.567. The second-order valence-corrected chi connectivity index (χ2v) is 4.04. The molecule has 2 saturated heterocycles. The van der Waals surface area contributed by atoms with Gasteiger partial charge in [-0.2, -0.15) is 0 Å². The molecule has 2 rings (SSSR count). The van der Waals surface area contributed by atoms with E-state index in [-0.39, 0.29) is 12.0 Å². The van der Waals surface area contributed by atoms with E-state index in [1.165, 1.54) is 0 Å². The molecular formula is C10H15NO4. The maximum Gasteiger partial charge on any atom is 0.347 e. The van der Waals surface area contributed by atoms with Crippen molar-refractivity contribution in [3.05, 3.63) is 0 Å². The zero-order chi connectivity index (χ0) is 11.1. The number of carbonyl (C=O) groups is 2. The van der Waals surface area contributed by atoms with Gasteiger partial charge in [-0.25, -0.2) is 9.59 Å². The van der Waals surface area contributed by atoms with Gasteiger partial charge in [-0.15, -0.1) is 0 Å². The summed E-state index contributed by atoms with van der Waals surface area (Å²) in [6.07, 6.45) is 0.448. The predicted octanol–water partition coefficient (Wildman–Crippen LogP) is -0.0144. The highest BCUT2D eigenvalue weighted by molar-refractivity contribution is 5.88. The average Bonchev–Trinajstić information content (AvgIpc) is 2.73. The van der Waals surface area contributed by atoms with Crippen molar-refractivity contribution in [3.63, 3.8) is 0 Å². The zero-order valence-electron chi connectivity index (χ0n) is 8.91. The quantitative estimate of drug-likeness (QED) is 0.527. The fourth-order valence-electron chi connectivity index (χ4n) is 1.95. The molecule has 0 radical (unpaired) electrons. The normalized spacial score (nSPS) is 38.7. The van der Waals surface area contributed by atoms with E-state index in [0.717, 1.165) is 0 Å². The van der Waals surface area contributed by atoms with Crippen LogP contribution in [0.1, 0.15) is 26.7 Å². The van der Waals surface area contributed by atoms with Gasteiger partial charge in [-0.1, -0.05) is 6.92 Å². The minimum atomic E-state index is -0.699. The van der Waals surface area contributed by atoms with Gasteiger partial charge in [-0.3, -0.25) is 5.32 Å². The van der Waals surface area contributed by atoms with Gasteiger partial charge in [0.2, 0.25) is 6.10 Å². The van der Waals surface area contributed by atoms with E-state index in [9.17, 15) is 9.59 Å². The molecule has 2 aliphatic heterocycles. The summed E-state index contributed by atoms with van der Waals surface area (Å²) in [6, 6.07) is 0.132. The van der Waals surface area contributed by atoms with Gasteiger partial charge in [0, 0.05) is 12.5 Å². The van der Waals surface area contributed by atoms with Crippen LogP contribution in [0.2, 0.25) is 0 Å². The second kappa shape index (κ2) is 3.48. The van der Waals surface area contributed by atoms with Gasteiger partial charge in [0.05, 0.1) is 6.61 Å². The summed E-state index contributed by atoms with van der Waals surface area (Å²) in [5, 5.41) is 3.06. The number of cyclic esters (lactones) is 1. The third kappa shape index (κ3) is 1.61. The number of ether oxygens (including phenoxy) is 2. The van der Waals surface area contributed by atoms with Gasteiger partial charge in [0.15, 0.2) is 0 Å². The van der Waals surface area contributed by atoms with Gasteiger partial charge < -0.3 is 9.47 Å². The molecule has 3 unspecified atom stereocenters. The predicted molar refractivity (Wildman–Crippen MR) is 51.1 cm³/mol. The summed E-state index contributed by atoms with van der Waals surface area (Å²) >= 11 is 0. The van der Waals surface area contributed by atoms with Crippen LogP contribution < -0.4 is 5.32 Å². The maximum absolute atomic E-state index is 11.8. The van der Waals surface area contributed by atoms with Crippen molar-refractivity contribution in [1.29, 1.82) is 0 Å². The van der Waals surface area contributed by atoms with Crippen LogP contribution in [0.25, 0.3) is 0 Å². The molecule has 0 aliphatic carbocycles. The van der Waals surface area contributed by atoms with E-state index in [4.69, 9.17) is 9.47 Å². The number of hydrogen-bond acceptors (Lipinski definition) is 5. The topological polar surface area (TPSA) is 74.5 Å². The van der Waals surface area contributed by atoms with E-state index < -0.39 is 17.6 Å². The van der Waals surface area contributed by atoms with Crippen molar-refractivity contribution < 1.29 is 19.1 Å². The first-order chi connectivity index (χ1) is 7.10. The minimum Gasteiger partial charge on any atom is -0.463 e. The van der Waals surface area contributed by atoms with Gasteiger partial charge in [0.1, 0.15) is 5.54 Å². The number of hydrogen-bond donors (Lipinski definition) is 1. The fraction of sp³-hybridized carbons (Fsp3) is 0.800. The lowest BCUT2D eigenvalue weighted by Gasteiger charge is -2.14. The summed E-state index contributed by atoms with van der Waals surface area (Å²) in [5.74, 6) is -0.760. The molecule has 0 aromatic heterocycles. The highest BCUT2D eigenvalue weighted by Gasteiger charge is 2.57. The van der Waals surface area contributed by atoms with Crippen molar-refractivity contribution >= 4 is 11.9 Å². The molecule has 0 aromatic rings. The molecule has 5 nitrogen and oxygen atoms in total. The van der Waals surface area contributed by atoms with E-state index in [0.29, 0.717) is 19.4 Å². The van der Waals surface area contributed by atoms with Crippen LogP contribution in [-0.4, -0.2) is 36.2 Å². The molecule has 0 aromatic carbocycles. The van der Waals surface area contributed by atoms with Crippen LogP contribution in [0, 0.1) is 0 Å². The van der Waals surface area contributed by atoms with E-state index in [1.54, 1.807) is 0 Å². The first-order valence-corrected chi connectivity index (χ1v) is 5.25.